The molecule has 1 amide bonds. The summed E-state index contributed by atoms with van der Waals surface area (Å²) in [5, 5.41) is 0. The van der Waals surface area contributed by atoms with Crippen LogP contribution in [0.25, 0.3) is 0 Å². The molecule has 0 aromatic heterocycles. The zero-order chi connectivity index (χ0) is 14.7. The van der Waals surface area contributed by atoms with Gasteiger partial charge in [0.25, 0.3) is 5.91 Å². The number of hydrogen-bond acceptors (Lipinski definition) is 3. The van der Waals surface area contributed by atoms with Crippen molar-refractivity contribution in [2.45, 2.75) is 12.8 Å². The summed E-state index contributed by atoms with van der Waals surface area (Å²) in [5.41, 5.74) is 5.88. The molecular formula is C15H22FN3O. The van der Waals surface area contributed by atoms with Crippen molar-refractivity contribution in [2.24, 2.45) is 5.92 Å². The van der Waals surface area contributed by atoms with Gasteiger partial charge in [0, 0.05) is 25.2 Å². The minimum absolute atomic E-state index is 0.0752. The minimum atomic E-state index is -0.529. The van der Waals surface area contributed by atoms with Crippen LogP contribution in [0, 0.1) is 11.7 Å². The highest BCUT2D eigenvalue weighted by molar-refractivity contribution is 5.94. The van der Waals surface area contributed by atoms with Gasteiger partial charge in [-0.1, -0.05) is 0 Å². The Hall–Kier alpha value is -1.62. The van der Waals surface area contributed by atoms with Gasteiger partial charge in [0.1, 0.15) is 5.82 Å². The van der Waals surface area contributed by atoms with Gasteiger partial charge in [-0.3, -0.25) is 4.79 Å². The first-order valence-corrected chi connectivity index (χ1v) is 6.96. The smallest absolute Gasteiger partial charge is 0.253 e. The number of rotatable bonds is 3. The van der Waals surface area contributed by atoms with E-state index in [-0.39, 0.29) is 11.6 Å². The zero-order valence-electron chi connectivity index (χ0n) is 12.1. The summed E-state index contributed by atoms with van der Waals surface area (Å²) in [6.07, 6.45) is 2.00. The summed E-state index contributed by atoms with van der Waals surface area (Å²) in [6, 6.07) is 4.26. The van der Waals surface area contributed by atoms with Gasteiger partial charge in [-0.15, -0.1) is 0 Å². The second-order valence-electron chi connectivity index (χ2n) is 5.73. The Bertz CT molecular complexity index is 482. The number of nitrogens with zero attached hydrogens (tertiary/aromatic N) is 2. The lowest BCUT2D eigenvalue weighted by molar-refractivity contribution is 0.0677. The quantitative estimate of drug-likeness (QED) is 0.859. The van der Waals surface area contributed by atoms with E-state index in [2.05, 4.69) is 19.0 Å². The Labute approximate surface area is 119 Å². The fourth-order valence-electron chi connectivity index (χ4n) is 2.68. The molecule has 5 heteroatoms. The molecule has 1 fully saturated rings. The molecule has 0 unspecified atom stereocenters. The van der Waals surface area contributed by atoms with E-state index in [9.17, 15) is 9.18 Å². The Morgan fingerprint density at radius 3 is 2.60 bits per heavy atom. The van der Waals surface area contributed by atoms with Crippen LogP contribution in [0.15, 0.2) is 18.2 Å². The van der Waals surface area contributed by atoms with Gasteiger partial charge in [-0.25, -0.2) is 4.39 Å². The summed E-state index contributed by atoms with van der Waals surface area (Å²) >= 11 is 0. The Balaban J connectivity index is 1.96. The molecule has 1 aliphatic heterocycles. The summed E-state index contributed by atoms with van der Waals surface area (Å²) in [5.74, 6) is 0.00255. The lowest BCUT2D eigenvalue weighted by atomic mass is 9.96. The van der Waals surface area contributed by atoms with Crippen LogP contribution in [-0.4, -0.2) is 49.4 Å². The van der Waals surface area contributed by atoms with E-state index in [1.807, 2.05) is 0 Å². The number of piperidine rings is 1. The number of hydrogen-bond donors (Lipinski definition) is 1. The Morgan fingerprint density at radius 2 is 2.05 bits per heavy atom. The number of carbonyl (C=O) groups excluding carboxylic acids is 1. The maximum Gasteiger partial charge on any atom is 0.253 e. The molecule has 2 rings (SSSR count). The zero-order valence-corrected chi connectivity index (χ0v) is 12.1. The van der Waals surface area contributed by atoms with Gasteiger partial charge in [0.2, 0.25) is 0 Å². The van der Waals surface area contributed by atoms with E-state index in [1.54, 1.807) is 11.0 Å². The highest BCUT2D eigenvalue weighted by Crippen LogP contribution is 2.20. The number of halogens is 1. The number of anilines is 1. The minimum Gasteiger partial charge on any atom is -0.396 e. The summed E-state index contributed by atoms with van der Waals surface area (Å²) in [4.78, 5) is 16.3. The molecule has 1 aliphatic rings. The highest BCUT2D eigenvalue weighted by Gasteiger charge is 2.24. The molecule has 1 heterocycles. The van der Waals surface area contributed by atoms with Crippen molar-refractivity contribution >= 4 is 11.6 Å². The van der Waals surface area contributed by atoms with Crippen LogP contribution in [-0.2, 0) is 0 Å². The molecule has 0 saturated carbocycles. The first-order chi connectivity index (χ1) is 9.47. The predicted octanol–water partition coefficient (Wildman–Crippen LogP) is 1.82. The van der Waals surface area contributed by atoms with Crippen molar-refractivity contribution in [3.8, 4) is 0 Å². The maximum absolute atomic E-state index is 13.4. The SMILES string of the molecule is CN(C)CC1CCN(C(=O)c2ccc(N)c(F)c2)CC1. The van der Waals surface area contributed by atoms with E-state index >= 15 is 0 Å². The molecule has 110 valence electrons. The van der Waals surface area contributed by atoms with Crippen LogP contribution in [0.2, 0.25) is 0 Å². The highest BCUT2D eigenvalue weighted by atomic mass is 19.1. The second kappa shape index (κ2) is 6.22. The van der Waals surface area contributed by atoms with Gasteiger partial charge in [-0.05, 0) is 51.1 Å². The van der Waals surface area contributed by atoms with Crippen molar-refractivity contribution in [3.05, 3.63) is 29.6 Å². The normalized spacial score (nSPS) is 16.7. The van der Waals surface area contributed by atoms with Crippen LogP contribution in [0.5, 0.6) is 0 Å². The van der Waals surface area contributed by atoms with Crippen LogP contribution >= 0.6 is 0 Å². The molecular weight excluding hydrogens is 257 g/mol. The number of nitrogen functional groups attached to an aromatic ring is 1. The van der Waals surface area contributed by atoms with E-state index in [4.69, 9.17) is 5.73 Å². The average molecular weight is 279 g/mol. The van der Waals surface area contributed by atoms with E-state index in [0.717, 1.165) is 32.5 Å². The van der Waals surface area contributed by atoms with Crippen LogP contribution in [0.4, 0.5) is 10.1 Å². The van der Waals surface area contributed by atoms with Crippen LogP contribution < -0.4 is 5.73 Å². The van der Waals surface area contributed by atoms with Gasteiger partial charge >= 0.3 is 0 Å². The number of carbonyl (C=O) groups is 1. The molecule has 0 aliphatic carbocycles. The monoisotopic (exact) mass is 279 g/mol. The number of likely N-dealkylation sites (tertiary alicyclic amines) is 1. The first-order valence-electron chi connectivity index (χ1n) is 6.96. The number of nitrogens with two attached hydrogens (primary N) is 1. The number of amides is 1. The molecule has 0 bridgehead atoms. The Morgan fingerprint density at radius 1 is 1.40 bits per heavy atom. The van der Waals surface area contributed by atoms with Gasteiger partial charge in [0.15, 0.2) is 0 Å². The summed E-state index contributed by atoms with van der Waals surface area (Å²) in [6.45, 7) is 2.53. The van der Waals surface area contributed by atoms with Crippen molar-refractivity contribution in [3.63, 3.8) is 0 Å². The summed E-state index contributed by atoms with van der Waals surface area (Å²) in [7, 11) is 4.13. The standard InChI is InChI=1S/C15H22FN3O/c1-18(2)10-11-5-7-19(8-6-11)15(20)12-3-4-14(17)13(16)9-12/h3-4,9,11H,5-8,10,17H2,1-2H3. The third-order valence-electron chi connectivity index (χ3n) is 3.77. The first kappa shape index (κ1) is 14.8. The van der Waals surface area contributed by atoms with E-state index in [1.165, 1.54) is 12.1 Å². The fraction of sp³-hybridized carbons (Fsp3) is 0.533. The van der Waals surface area contributed by atoms with Crippen LogP contribution in [0.3, 0.4) is 0 Å². The lowest BCUT2D eigenvalue weighted by Gasteiger charge is -2.33. The van der Waals surface area contributed by atoms with Crippen LogP contribution in [0.1, 0.15) is 23.2 Å². The van der Waals surface area contributed by atoms with E-state index < -0.39 is 5.82 Å². The van der Waals surface area contributed by atoms with Crippen molar-refractivity contribution in [1.82, 2.24) is 9.80 Å². The Kier molecular flexibility index (Phi) is 4.60. The van der Waals surface area contributed by atoms with Crippen molar-refractivity contribution in [2.75, 3.05) is 39.5 Å². The van der Waals surface area contributed by atoms with Crippen molar-refractivity contribution < 1.29 is 9.18 Å². The summed E-state index contributed by atoms with van der Waals surface area (Å²) < 4.78 is 13.4. The molecule has 1 aromatic carbocycles. The molecule has 0 spiro atoms. The van der Waals surface area contributed by atoms with Crippen molar-refractivity contribution in [1.29, 1.82) is 0 Å². The van der Waals surface area contributed by atoms with Gasteiger partial charge in [-0.2, -0.15) is 0 Å². The molecule has 4 nitrogen and oxygen atoms in total. The molecule has 1 aromatic rings. The number of benzene rings is 1. The molecule has 2 N–H and O–H groups in total. The van der Waals surface area contributed by atoms with E-state index in [0.29, 0.717) is 11.5 Å². The fourth-order valence-corrected chi connectivity index (χ4v) is 2.68. The largest absolute Gasteiger partial charge is 0.396 e. The molecule has 20 heavy (non-hydrogen) atoms. The third kappa shape index (κ3) is 3.48. The third-order valence-corrected chi connectivity index (χ3v) is 3.77. The molecule has 0 atom stereocenters. The van der Waals surface area contributed by atoms with Gasteiger partial charge in [0.05, 0.1) is 5.69 Å². The maximum atomic E-state index is 13.4. The average Bonchev–Trinajstić information content (AvgIpc) is 2.41. The molecule has 1 saturated heterocycles. The lowest BCUT2D eigenvalue weighted by Crippen LogP contribution is -2.40. The van der Waals surface area contributed by atoms with Gasteiger partial charge < -0.3 is 15.5 Å². The predicted molar refractivity (Wildman–Crippen MR) is 78.0 cm³/mol. The second-order valence-corrected chi connectivity index (χ2v) is 5.73. The topological polar surface area (TPSA) is 49.6 Å². The molecule has 0 radical (unpaired) electrons.